The first-order valence-corrected chi connectivity index (χ1v) is 9.54. The molecule has 4 rings (SSSR count). The molecule has 0 atom stereocenters. The molecule has 3 aromatic heterocycles. The van der Waals surface area contributed by atoms with Gasteiger partial charge in [0.15, 0.2) is 17.3 Å². The van der Waals surface area contributed by atoms with E-state index in [1.54, 1.807) is 43.6 Å². The van der Waals surface area contributed by atoms with E-state index in [-0.39, 0.29) is 11.7 Å². The van der Waals surface area contributed by atoms with Gasteiger partial charge < -0.3 is 25.1 Å². The Bertz CT molecular complexity index is 1220. The minimum absolute atomic E-state index is 0.155. The third-order valence-corrected chi connectivity index (χ3v) is 4.44. The number of pyridine rings is 1. The summed E-state index contributed by atoms with van der Waals surface area (Å²) >= 11 is 0. The number of fused-ring (bicyclic) bond motifs is 1. The molecule has 0 aliphatic carbocycles. The van der Waals surface area contributed by atoms with Gasteiger partial charge in [-0.15, -0.1) is 0 Å². The van der Waals surface area contributed by atoms with Gasteiger partial charge >= 0.3 is 0 Å². The number of benzene rings is 1. The van der Waals surface area contributed by atoms with Crippen molar-refractivity contribution in [3.8, 4) is 23.1 Å². The standard InChI is InChI=1S/C20H21N7O4/c1-12(28)23-13-5-3-6-14(9-13)30-17-10-16-15(11-22-17)24-20(18-19(21)26-31-25-18)27(16)7-4-8-29-2/h3,5-6,9-11H,4,7-8H2,1-2H3,(H2,21,26)(H,23,28). The zero-order valence-electron chi connectivity index (χ0n) is 17.0. The van der Waals surface area contributed by atoms with Gasteiger partial charge in [0.1, 0.15) is 11.3 Å². The number of anilines is 2. The lowest BCUT2D eigenvalue weighted by atomic mass is 10.3. The van der Waals surface area contributed by atoms with Crippen LogP contribution in [-0.4, -0.2) is 44.5 Å². The van der Waals surface area contributed by atoms with Crippen molar-refractivity contribution < 1.29 is 18.9 Å². The van der Waals surface area contributed by atoms with E-state index in [1.807, 2.05) is 4.57 Å². The van der Waals surface area contributed by atoms with Crippen LogP contribution < -0.4 is 15.8 Å². The van der Waals surface area contributed by atoms with Crippen molar-refractivity contribution >= 4 is 28.4 Å². The molecule has 0 radical (unpaired) electrons. The number of hydrogen-bond acceptors (Lipinski definition) is 9. The zero-order chi connectivity index (χ0) is 21.8. The lowest BCUT2D eigenvalue weighted by molar-refractivity contribution is -0.114. The number of carbonyl (C=O) groups excluding carboxylic acids is 1. The molecule has 0 saturated heterocycles. The number of methoxy groups -OCH3 is 1. The van der Waals surface area contributed by atoms with E-state index in [0.29, 0.717) is 47.5 Å². The van der Waals surface area contributed by atoms with Crippen molar-refractivity contribution in [3.05, 3.63) is 36.5 Å². The highest BCUT2D eigenvalue weighted by atomic mass is 16.6. The number of nitrogens with two attached hydrogens (primary N) is 1. The number of hydrogen-bond donors (Lipinski definition) is 2. The molecule has 0 spiro atoms. The molecule has 0 saturated carbocycles. The summed E-state index contributed by atoms with van der Waals surface area (Å²) in [6, 6.07) is 8.84. The number of nitrogens with zero attached hydrogens (tertiary/aromatic N) is 5. The number of aromatic nitrogens is 5. The third kappa shape index (κ3) is 4.46. The van der Waals surface area contributed by atoms with E-state index in [2.05, 4.69) is 25.6 Å². The van der Waals surface area contributed by atoms with Gasteiger partial charge in [-0.1, -0.05) is 6.07 Å². The summed E-state index contributed by atoms with van der Waals surface area (Å²) < 4.78 is 17.8. The van der Waals surface area contributed by atoms with Gasteiger partial charge in [0.2, 0.25) is 11.8 Å². The molecule has 0 bridgehead atoms. The lowest BCUT2D eigenvalue weighted by Gasteiger charge is -2.09. The van der Waals surface area contributed by atoms with Crippen LogP contribution in [0.2, 0.25) is 0 Å². The second kappa shape index (κ2) is 8.79. The highest BCUT2D eigenvalue weighted by Crippen LogP contribution is 2.30. The summed E-state index contributed by atoms with van der Waals surface area (Å²) in [6.45, 7) is 2.63. The molecule has 0 unspecified atom stereocenters. The molecule has 11 heteroatoms. The predicted molar refractivity (Wildman–Crippen MR) is 113 cm³/mol. The molecule has 3 heterocycles. The first-order chi connectivity index (χ1) is 15.0. The maximum absolute atomic E-state index is 11.3. The largest absolute Gasteiger partial charge is 0.439 e. The second-order valence-corrected chi connectivity index (χ2v) is 6.75. The van der Waals surface area contributed by atoms with E-state index < -0.39 is 0 Å². The fraction of sp³-hybridized carbons (Fsp3) is 0.250. The fourth-order valence-electron chi connectivity index (χ4n) is 3.15. The summed E-state index contributed by atoms with van der Waals surface area (Å²) in [5.74, 6) is 1.43. The van der Waals surface area contributed by atoms with Crippen molar-refractivity contribution in [2.24, 2.45) is 0 Å². The Morgan fingerprint density at radius 2 is 2.16 bits per heavy atom. The van der Waals surface area contributed by atoms with E-state index >= 15 is 0 Å². The van der Waals surface area contributed by atoms with E-state index in [0.717, 1.165) is 11.9 Å². The van der Waals surface area contributed by atoms with Crippen LogP contribution in [0.3, 0.4) is 0 Å². The predicted octanol–water partition coefficient (Wildman–Crippen LogP) is 2.85. The number of nitrogen functional groups attached to an aromatic ring is 1. The van der Waals surface area contributed by atoms with Crippen molar-refractivity contribution in [1.82, 2.24) is 24.8 Å². The molecule has 4 aromatic rings. The highest BCUT2D eigenvalue weighted by Gasteiger charge is 2.20. The van der Waals surface area contributed by atoms with Crippen LogP contribution in [0.4, 0.5) is 11.5 Å². The van der Waals surface area contributed by atoms with Crippen molar-refractivity contribution in [1.29, 1.82) is 0 Å². The van der Waals surface area contributed by atoms with Gasteiger partial charge in [0.25, 0.3) is 0 Å². The summed E-state index contributed by atoms with van der Waals surface area (Å²) in [5, 5.41) is 10.3. The first-order valence-electron chi connectivity index (χ1n) is 9.54. The van der Waals surface area contributed by atoms with Gasteiger partial charge in [-0.2, -0.15) is 0 Å². The van der Waals surface area contributed by atoms with Crippen molar-refractivity contribution in [2.75, 3.05) is 24.8 Å². The number of aryl methyl sites for hydroxylation is 1. The molecule has 0 fully saturated rings. The SMILES string of the molecule is COCCCn1c(-c2nonc2N)nc2cnc(Oc3cccc(NC(C)=O)c3)cc21. The van der Waals surface area contributed by atoms with Crippen LogP contribution in [0, 0.1) is 0 Å². The first kappa shape index (κ1) is 20.3. The number of nitrogens with one attached hydrogen (secondary N) is 1. The Morgan fingerprint density at radius 3 is 2.90 bits per heavy atom. The Labute approximate surface area is 177 Å². The Kier molecular flexibility index (Phi) is 5.76. The average Bonchev–Trinajstić information content (AvgIpc) is 3.31. The number of imidazole rings is 1. The molecular formula is C20H21N7O4. The molecule has 0 aliphatic heterocycles. The number of rotatable bonds is 8. The van der Waals surface area contributed by atoms with Crippen LogP contribution in [0.5, 0.6) is 11.6 Å². The van der Waals surface area contributed by atoms with Crippen LogP contribution in [-0.2, 0) is 16.1 Å². The summed E-state index contributed by atoms with van der Waals surface area (Å²) in [5.41, 5.74) is 8.31. The van der Waals surface area contributed by atoms with Crippen molar-refractivity contribution in [3.63, 3.8) is 0 Å². The van der Waals surface area contributed by atoms with Crippen LogP contribution in [0.1, 0.15) is 13.3 Å². The summed E-state index contributed by atoms with van der Waals surface area (Å²) in [6.07, 6.45) is 2.36. The van der Waals surface area contributed by atoms with E-state index in [4.69, 9.17) is 19.8 Å². The molecule has 11 nitrogen and oxygen atoms in total. The number of ether oxygens (including phenoxy) is 2. The number of carbonyl (C=O) groups is 1. The fourth-order valence-corrected chi connectivity index (χ4v) is 3.15. The van der Waals surface area contributed by atoms with Gasteiger partial charge in [-0.25, -0.2) is 14.6 Å². The van der Waals surface area contributed by atoms with Crippen molar-refractivity contribution in [2.45, 2.75) is 19.9 Å². The van der Waals surface area contributed by atoms with Crippen LogP contribution in [0.15, 0.2) is 41.2 Å². The maximum Gasteiger partial charge on any atom is 0.221 e. The van der Waals surface area contributed by atoms with Gasteiger partial charge in [0, 0.05) is 45.0 Å². The Balaban J connectivity index is 1.70. The summed E-state index contributed by atoms with van der Waals surface area (Å²) in [4.78, 5) is 20.2. The van der Waals surface area contributed by atoms with Gasteiger partial charge in [-0.3, -0.25) is 4.79 Å². The van der Waals surface area contributed by atoms with Crippen LogP contribution in [0.25, 0.3) is 22.6 Å². The lowest BCUT2D eigenvalue weighted by Crippen LogP contribution is -2.05. The average molecular weight is 423 g/mol. The Morgan fingerprint density at radius 1 is 1.29 bits per heavy atom. The molecule has 3 N–H and O–H groups in total. The van der Waals surface area contributed by atoms with E-state index in [9.17, 15) is 4.79 Å². The molecular weight excluding hydrogens is 402 g/mol. The minimum atomic E-state index is -0.161. The third-order valence-electron chi connectivity index (χ3n) is 4.44. The second-order valence-electron chi connectivity index (χ2n) is 6.75. The Hall–Kier alpha value is -3.99. The van der Waals surface area contributed by atoms with Gasteiger partial charge in [0.05, 0.1) is 11.7 Å². The monoisotopic (exact) mass is 423 g/mol. The topological polar surface area (TPSA) is 143 Å². The zero-order valence-corrected chi connectivity index (χ0v) is 17.0. The highest BCUT2D eigenvalue weighted by molar-refractivity contribution is 5.88. The summed E-state index contributed by atoms with van der Waals surface area (Å²) in [7, 11) is 1.65. The molecule has 1 aromatic carbocycles. The molecule has 160 valence electrons. The van der Waals surface area contributed by atoms with Gasteiger partial charge in [-0.05, 0) is 28.9 Å². The maximum atomic E-state index is 11.3. The normalized spacial score (nSPS) is 11.0. The smallest absolute Gasteiger partial charge is 0.221 e. The minimum Gasteiger partial charge on any atom is -0.439 e. The number of amides is 1. The molecule has 0 aliphatic rings. The van der Waals surface area contributed by atoms with E-state index in [1.165, 1.54) is 6.92 Å². The van der Waals surface area contributed by atoms with Crippen LogP contribution >= 0.6 is 0 Å². The quantitative estimate of drug-likeness (QED) is 0.409. The molecule has 1 amide bonds. The molecule has 31 heavy (non-hydrogen) atoms.